The van der Waals surface area contributed by atoms with Gasteiger partial charge in [0.1, 0.15) is 0 Å². The molecule has 2 atom stereocenters. The summed E-state index contributed by atoms with van der Waals surface area (Å²) in [5.74, 6) is -0.0918. The Balaban J connectivity index is 3.71. The third-order valence-electron chi connectivity index (χ3n) is 8.34. The fourth-order valence-electron chi connectivity index (χ4n) is 5.32. The average Bonchev–Trinajstić information content (AvgIpc) is 3.09. The number of nitrogens with one attached hydrogen (secondary N) is 1. The first kappa shape index (κ1) is 45.6. The van der Waals surface area contributed by atoms with Crippen LogP contribution in [-0.4, -0.2) is 34.9 Å². The van der Waals surface area contributed by atoms with Crippen molar-refractivity contribution in [3.05, 3.63) is 85.1 Å². The Bertz CT molecular complexity index is 895. The Labute approximate surface area is 297 Å². The van der Waals surface area contributed by atoms with Gasteiger partial charge in [-0.1, -0.05) is 163 Å². The second kappa shape index (κ2) is 39.0. The van der Waals surface area contributed by atoms with Crippen molar-refractivity contribution in [2.24, 2.45) is 0 Å². The second-order valence-electron chi connectivity index (χ2n) is 12.9. The van der Waals surface area contributed by atoms with Gasteiger partial charge in [-0.25, -0.2) is 0 Å². The van der Waals surface area contributed by atoms with Crippen molar-refractivity contribution in [1.29, 1.82) is 0 Å². The van der Waals surface area contributed by atoms with Crippen molar-refractivity contribution in [2.45, 2.75) is 180 Å². The fourth-order valence-corrected chi connectivity index (χ4v) is 5.32. The van der Waals surface area contributed by atoms with Crippen molar-refractivity contribution in [3.63, 3.8) is 0 Å². The van der Waals surface area contributed by atoms with Crippen LogP contribution in [0.2, 0.25) is 0 Å². The van der Waals surface area contributed by atoms with Gasteiger partial charge in [0.15, 0.2) is 0 Å². The number of aliphatic hydroxyl groups is 2. The molecule has 0 radical (unpaired) electrons. The zero-order chi connectivity index (χ0) is 35.0. The second-order valence-corrected chi connectivity index (χ2v) is 12.9. The van der Waals surface area contributed by atoms with Crippen LogP contribution < -0.4 is 5.32 Å². The maximum absolute atomic E-state index is 12.3. The Morgan fingerprint density at radius 3 is 1.46 bits per heavy atom. The molecule has 4 nitrogen and oxygen atoms in total. The van der Waals surface area contributed by atoms with E-state index in [1.807, 2.05) is 6.08 Å². The number of rotatable bonds is 34. The maximum Gasteiger partial charge on any atom is 0.220 e. The summed E-state index contributed by atoms with van der Waals surface area (Å²) < 4.78 is 0. The van der Waals surface area contributed by atoms with E-state index < -0.39 is 12.1 Å². The first-order valence-electron chi connectivity index (χ1n) is 19.8. The smallest absolute Gasteiger partial charge is 0.220 e. The highest BCUT2D eigenvalue weighted by molar-refractivity contribution is 5.76. The Morgan fingerprint density at radius 2 is 0.938 bits per heavy atom. The molecule has 0 fully saturated rings. The first-order chi connectivity index (χ1) is 23.7. The van der Waals surface area contributed by atoms with Crippen LogP contribution in [0.5, 0.6) is 0 Å². The summed E-state index contributed by atoms with van der Waals surface area (Å²) in [5, 5.41) is 22.9. The van der Waals surface area contributed by atoms with Gasteiger partial charge in [0.2, 0.25) is 5.91 Å². The van der Waals surface area contributed by atoms with E-state index in [-0.39, 0.29) is 12.5 Å². The molecule has 1 amide bonds. The van der Waals surface area contributed by atoms with Crippen molar-refractivity contribution in [3.8, 4) is 0 Å². The van der Waals surface area contributed by atoms with Gasteiger partial charge in [-0.2, -0.15) is 0 Å². The Kier molecular flexibility index (Phi) is 37.0. The molecule has 48 heavy (non-hydrogen) atoms. The minimum Gasteiger partial charge on any atom is -0.394 e. The zero-order valence-electron chi connectivity index (χ0n) is 31.2. The molecule has 0 spiro atoms. The van der Waals surface area contributed by atoms with E-state index in [1.165, 1.54) is 77.0 Å². The van der Waals surface area contributed by atoms with E-state index >= 15 is 0 Å². The lowest BCUT2D eigenvalue weighted by atomic mass is 10.1. The molecule has 0 aliphatic rings. The van der Waals surface area contributed by atoms with Crippen LogP contribution in [0.1, 0.15) is 168 Å². The summed E-state index contributed by atoms with van der Waals surface area (Å²) in [6, 6.07) is -0.653. The molecular formula is C44H75NO3. The molecule has 0 aliphatic carbocycles. The first-order valence-corrected chi connectivity index (χ1v) is 19.8. The van der Waals surface area contributed by atoms with Crippen molar-refractivity contribution in [2.75, 3.05) is 6.61 Å². The summed E-state index contributed by atoms with van der Waals surface area (Å²) >= 11 is 0. The average molecular weight is 666 g/mol. The molecule has 0 saturated heterocycles. The van der Waals surface area contributed by atoms with E-state index in [9.17, 15) is 15.0 Å². The monoisotopic (exact) mass is 666 g/mol. The number of carbonyl (C=O) groups excluding carboxylic acids is 1. The number of allylic oxidation sites excluding steroid dienone is 13. The van der Waals surface area contributed by atoms with Gasteiger partial charge in [-0.05, 0) is 83.5 Å². The molecule has 3 N–H and O–H groups in total. The van der Waals surface area contributed by atoms with E-state index in [4.69, 9.17) is 0 Å². The van der Waals surface area contributed by atoms with E-state index in [2.05, 4.69) is 92.1 Å². The number of aliphatic hydroxyl groups excluding tert-OH is 2. The molecule has 0 heterocycles. The topological polar surface area (TPSA) is 69.6 Å². The van der Waals surface area contributed by atoms with Crippen LogP contribution in [0.3, 0.4) is 0 Å². The molecule has 0 aromatic carbocycles. The highest BCUT2D eigenvalue weighted by Gasteiger charge is 2.17. The van der Waals surface area contributed by atoms with Crippen LogP contribution >= 0.6 is 0 Å². The minimum atomic E-state index is -0.877. The number of hydrogen-bond donors (Lipinski definition) is 3. The maximum atomic E-state index is 12.3. The Morgan fingerprint density at radius 1 is 0.521 bits per heavy atom. The van der Waals surface area contributed by atoms with Crippen molar-refractivity contribution >= 4 is 5.91 Å². The summed E-state index contributed by atoms with van der Waals surface area (Å²) in [7, 11) is 0. The van der Waals surface area contributed by atoms with Gasteiger partial charge >= 0.3 is 0 Å². The molecule has 0 rings (SSSR count). The van der Waals surface area contributed by atoms with Crippen LogP contribution in [0.15, 0.2) is 85.1 Å². The minimum absolute atomic E-state index is 0.0918. The van der Waals surface area contributed by atoms with Crippen LogP contribution in [0, 0.1) is 0 Å². The van der Waals surface area contributed by atoms with E-state index in [0.29, 0.717) is 6.42 Å². The summed E-state index contributed by atoms with van der Waals surface area (Å²) in [5.41, 5.74) is 0. The lowest BCUT2D eigenvalue weighted by Gasteiger charge is -2.19. The summed E-state index contributed by atoms with van der Waals surface area (Å²) in [6.07, 6.45) is 56.7. The lowest BCUT2D eigenvalue weighted by Crippen LogP contribution is -2.45. The molecule has 2 unspecified atom stereocenters. The highest BCUT2D eigenvalue weighted by atomic mass is 16.3. The number of carbonyl (C=O) groups is 1. The van der Waals surface area contributed by atoms with Gasteiger partial charge < -0.3 is 15.5 Å². The van der Waals surface area contributed by atoms with E-state index in [1.54, 1.807) is 6.08 Å². The van der Waals surface area contributed by atoms with Gasteiger partial charge in [0.25, 0.3) is 0 Å². The van der Waals surface area contributed by atoms with Gasteiger partial charge in [-0.15, -0.1) is 0 Å². The summed E-state index contributed by atoms with van der Waals surface area (Å²) in [6.45, 7) is 4.14. The zero-order valence-corrected chi connectivity index (χ0v) is 31.2. The number of amides is 1. The quantitative estimate of drug-likeness (QED) is 0.0473. The molecule has 0 aromatic heterocycles. The molecule has 274 valence electrons. The van der Waals surface area contributed by atoms with Crippen molar-refractivity contribution < 1.29 is 15.0 Å². The molecule has 0 bridgehead atoms. The van der Waals surface area contributed by atoms with Gasteiger partial charge in [0.05, 0.1) is 18.8 Å². The predicted octanol–water partition coefficient (Wildman–Crippen LogP) is 12.1. The SMILES string of the molecule is CC/C=C\C/C=C\C/C=C\C/C=C\CCCCCCCCCCC(=O)NC(CO)C(O)/C=C/CC/C=C/CC/C=C/CCCCCCC. The lowest BCUT2D eigenvalue weighted by molar-refractivity contribution is -0.123. The van der Waals surface area contributed by atoms with Gasteiger partial charge in [0, 0.05) is 6.42 Å². The normalized spacial score (nSPS) is 14.0. The number of hydrogen-bond acceptors (Lipinski definition) is 3. The largest absolute Gasteiger partial charge is 0.394 e. The van der Waals surface area contributed by atoms with Crippen LogP contribution in [-0.2, 0) is 4.79 Å². The predicted molar refractivity (Wildman–Crippen MR) is 211 cm³/mol. The number of unbranched alkanes of at least 4 members (excludes halogenated alkanes) is 15. The Hall–Kier alpha value is -2.43. The fraction of sp³-hybridized carbons (Fsp3) is 0.659. The highest BCUT2D eigenvalue weighted by Crippen LogP contribution is 2.12. The molecule has 0 aliphatic heterocycles. The molecule has 0 aromatic rings. The van der Waals surface area contributed by atoms with Crippen LogP contribution in [0.4, 0.5) is 0 Å². The standard InChI is InChI=1S/C44H75NO3/c1-3-5-7-9-11-13-15-17-19-20-21-22-23-24-26-28-30-32-34-36-38-40-44(48)45-42(41-46)43(47)39-37-35-33-31-29-27-25-18-16-14-12-10-8-6-4-2/h5,7,11,13,16-19,21-22,29,31,37,39,42-43,46-47H,3-4,6,8-10,12,14-15,20,23-28,30,32-36,38,40-41H2,1-2H3,(H,45,48)/b7-5-,13-11-,18-16+,19-17-,22-21-,31-29+,39-37+. The van der Waals surface area contributed by atoms with Crippen LogP contribution in [0.25, 0.3) is 0 Å². The third kappa shape index (κ3) is 34.9. The van der Waals surface area contributed by atoms with Gasteiger partial charge in [-0.3, -0.25) is 4.79 Å². The summed E-state index contributed by atoms with van der Waals surface area (Å²) in [4.78, 5) is 12.3. The molecule has 0 saturated carbocycles. The van der Waals surface area contributed by atoms with Crippen molar-refractivity contribution in [1.82, 2.24) is 5.32 Å². The third-order valence-corrected chi connectivity index (χ3v) is 8.34. The van der Waals surface area contributed by atoms with E-state index in [0.717, 1.165) is 70.6 Å². The molecule has 4 heteroatoms. The molecular weight excluding hydrogens is 590 g/mol.